The highest BCUT2D eigenvalue weighted by Gasteiger charge is 2.35. The average molecular weight is 389 g/mol. The molecule has 0 amide bonds. The molecule has 3 aromatic rings. The molecule has 9 nitrogen and oxygen atoms in total. The molecular formula is C13H14F3N7O2S. The first kappa shape index (κ1) is 19.7. The van der Waals surface area contributed by atoms with Crippen LogP contribution in [-0.4, -0.2) is 58.3 Å². The number of nitrogens with one attached hydrogen (secondary N) is 1. The number of sulfone groups is 1. The Hall–Kier alpha value is -2.67. The Bertz CT molecular complexity index is 1020. The molecule has 3 heterocycles. The van der Waals surface area contributed by atoms with E-state index in [9.17, 15) is 21.6 Å². The molecule has 0 unspecified atom stereocenters. The molecule has 0 saturated heterocycles. The van der Waals surface area contributed by atoms with E-state index in [4.69, 9.17) is 0 Å². The molecule has 0 aliphatic carbocycles. The van der Waals surface area contributed by atoms with Gasteiger partial charge in [0.15, 0.2) is 20.5 Å². The zero-order valence-electron chi connectivity index (χ0n) is 13.9. The summed E-state index contributed by atoms with van der Waals surface area (Å²) in [4.78, 5) is 18.1. The zero-order valence-corrected chi connectivity index (χ0v) is 14.7. The summed E-state index contributed by atoms with van der Waals surface area (Å²) in [6.07, 6.45) is -0.535. The SMILES string of the molecule is CNC.CS(=O)(=O)c1ccnc(-n2cnc3cnc(C(F)(F)F)nc32)n1. The average Bonchev–Trinajstić information content (AvgIpc) is 2.97. The van der Waals surface area contributed by atoms with Crippen molar-refractivity contribution >= 4 is 21.0 Å². The number of alkyl halides is 3. The van der Waals surface area contributed by atoms with E-state index < -0.39 is 21.8 Å². The van der Waals surface area contributed by atoms with Crippen molar-refractivity contribution in [3.63, 3.8) is 0 Å². The summed E-state index contributed by atoms with van der Waals surface area (Å²) in [7, 11) is 0.151. The number of aromatic nitrogens is 6. The standard InChI is InChI=1S/C11H7F3N6O2S.C2H7N/c1-23(21,22)7-2-3-15-10(18-7)20-5-17-6-4-16-9(11(12,13)14)19-8(6)20;1-3-2/h2-5H,1H3;3H,1-2H3. The lowest BCUT2D eigenvalue weighted by Gasteiger charge is -2.06. The number of hydrogen-bond acceptors (Lipinski definition) is 8. The maximum Gasteiger partial charge on any atom is 0.451 e. The number of halogens is 3. The monoisotopic (exact) mass is 389 g/mol. The lowest BCUT2D eigenvalue weighted by molar-refractivity contribution is -0.144. The molecule has 26 heavy (non-hydrogen) atoms. The first-order valence-corrected chi connectivity index (χ1v) is 8.86. The van der Waals surface area contributed by atoms with Crippen LogP contribution in [0, 0.1) is 0 Å². The predicted molar refractivity (Wildman–Crippen MR) is 85.3 cm³/mol. The normalized spacial score (nSPS) is 11.9. The Kier molecular flexibility index (Phi) is 5.51. The van der Waals surface area contributed by atoms with E-state index in [1.165, 1.54) is 12.3 Å². The number of fused-ring (bicyclic) bond motifs is 1. The Labute approximate surface area is 146 Å². The van der Waals surface area contributed by atoms with Crippen LogP contribution in [0.4, 0.5) is 13.2 Å². The highest BCUT2D eigenvalue weighted by molar-refractivity contribution is 7.90. The van der Waals surface area contributed by atoms with Crippen LogP contribution in [-0.2, 0) is 16.0 Å². The fraction of sp³-hybridized carbons (Fsp3) is 0.308. The molecule has 0 fully saturated rings. The largest absolute Gasteiger partial charge is 0.451 e. The topological polar surface area (TPSA) is 116 Å². The van der Waals surface area contributed by atoms with Gasteiger partial charge in [-0.05, 0) is 20.2 Å². The van der Waals surface area contributed by atoms with E-state index in [0.717, 1.165) is 23.3 Å². The maximum atomic E-state index is 12.7. The van der Waals surface area contributed by atoms with Crippen LogP contribution in [0.1, 0.15) is 5.82 Å². The highest BCUT2D eigenvalue weighted by Crippen LogP contribution is 2.27. The Morgan fingerprint density at radius 1 is 1.12 bits per heavy atom. The van der Waals surface area contributed by atoms with Crippen molar-refractivity contribution in [3.8, 4) is 5.95 Å². The van der Waals surface area contributed by atoms with E-state index in [-0.39, 0.29) is 22.1 Å². The zero-order chi connectivity index (χ0) is 19.5. The van der Waals surface area contributed by atoms with Crippen molar-refractivity contribution in [1.29, 1.82) is 0 Å². The second-order valence-electron chi connectivity index (χ2n) is 4.98. The van der Waals surface area contributed by atoms with Gasteiger partial charge in [0.1, 0.15) is 11.8 Å². The van der Waals surface area contributed by atoms with Crippen LogP contribution in [0.5, 0.6) is 0 Å². The number of rotatable bonds is 2. The van der Waals surface area contributed by atoms with Crippen LogP contribution in [0.15, 0.2) is 29.8 Å². The lowest BCUT2D eigenvalue weighted by atomic mass is 10.5. The molecule has 3 aromatic heterocycles. The second-order valence-corrected chi connectivity index (χ2v) is 6.94. The van der Waals surface area contributed by atoms with Crippen molar-refractivity contribution in [2.24, 2.45) is 0 Å². The molecule has 0 radical (unpaired) electrons. The molecule has 0 atom stereocenters. The van der Waals surface area contributed by atoms with Crippen LogP contribution >= 0.6 is 0 Å². The molecule has 140 valence electrons. The predicted octanol–water partition coefficient (Wildman–Crippen LogP) is 0.863. The minimum atomic E-state index is -4.72. The summed E-state index contributed by atoms with van der Waals surface area (Å²) in [6.45, 7) is 0. The summed E-state index contributed by atoms with van der Waals surface area (Å²) in [5, 5.41) is 2.48. The Balaban J connectivity index is 0.000000758. The molecule has 0 aromatic carbocycles. The highest BCUT2D eigenvalue weighted by atomic mass is 32.2. The molecule has 0 aliphatic rings. The van der Waals surface area contributed by atoms with Crippen LogP contribution < -0.4 is 5.32 Å². The summed E-state index contributed by atoms with van der Waals surface area (Å²) in [5.41, 5.74) is -0.0932. The Morgan fingerprint density at radius 3 is 2.35 bits per heavy atom. The third-order valence-electron chi connectivity index (χ3n) is 2.76. The lowest BCUT2D eigenvalue weighted by Crippen LogP contribution is -2.12. The fourth-order valence-electron chi connectivity index (χ4n) is 1.75. The molecule has 1 N–H and O–H groups in total. The first-order valence-electron chi connectivity index (χ1n) is 6.97. The van der Waals surface area contributed by atoms with Gasteiger partial charge < -0.3 is 5.32 Å². The van der Waals surface area contributed by atoms with E-state index in [1.54, 1.807) is 0 Å². The van der Waals surface area contributed by atoms with Gasteiger partial charge in [0, 0.05) is 12.5 Å². The Morgan fingerprint density at radius 2 is 1.77 bits per heavy atom. The van der Waals surface area contributed by atoms with Gasteiger partial charge in [0.05, 0.1) is 6.20 Å². The summed E-state index contributed by atoms with van der Waals surface area (Å²) in [5.74, 6) is -1.51. The maximum absolute atomic E-state index is 12.7. The van der Waals surface area contributed by atoms with Gasteiger partial charge in [-0.25, -0.2) is 33.3 Å². The summed E-state index contributed by atoms with van der Waals surface area (Å²) in [6, 6.07) is 1.17. The van der Waals surface area contributed by atoms with Gasteiger partial charge in [-0.2, -0.15) is 13.2 Å². The van der Waals surface area contributed by atoms with Gasteiger partial charge in [0.25, 0.3) is 0 Å². The molecule has 0 bridgehead atoms. The van der Waals surface area contributed by atoms with E-state index in [0.29, 0.717) is 0 Å². The molecular weight excluding hydrogens is 375 g/mol. The third kappa shape index (κ3) is 4.29. The van der Waals surface area contributed by atoms with Gasteiger partial charge in [-0.15, -0.1) is 0 Å². The van der Waals surface area contributed by atoms with Gasteiger partial charge in [-0.3, -0.25) is 4.57 Å². The quantitative estimate of drug-likeness (QED) is 0.642. The first-order chi connectivity index (χ1) is 12.1. The summed E-state index contributed by atoms with van der Waals surface area (Å²) >= 11 is 0. The van der Waals surface area contributed by atoms with Gasteiger partial charge in [-0.1, -0.05) is 0 Å². The van der Waals surface area contributed by atoms with Crippen molar-refractivity contribution in [1.82, 2.24) is 34.8 Å². The third-order valence-corrected chi connectivity index (χ3v) is 3.74. The number of nitrogens with zero attached hydrogens (tertiary/aromatic N) is 6. The molecule has 13 heteroatoms. The molecule has 0 saturated carbocycles. The van der Waals surface area contributed by atoms with Crippen molar-refractivity contribution in [3.05, 3.63) is 30.6 Å². The number of imidazole rings is 1. The smallest absolute Gasteiger partial charge is 0.323 e. The van der Waals surface area contributed by atoms with Crippen LogP contribution in [0.25, 0.3) is 17.1 Å². The minimum absolute atomic E-state index is 0.0892. The summed E-state index contributed by atoms with van der Waals surface area (Å²) < 4.78 is 62.2. The van der Waals surface area contributed by atoms with Crippen LogP contribution in [0.2, 0.25) is 0 Å². The van der Waals surface area contributed by atoms with Gasteiger partial charge >= 0.3 is 6.18 Å². The van der Waals surface area contributed by atoms with Crippen molar-refractivity contribution in [2.45, 2.75) is 11.2 Å². The molecule has 3 rings (SSSR count). The molecule has 0 aliphatic heterocycles. The van der Waals surface area contributed by atoms with E-state index in [1.807, 2.05) is 14.1 Å². The van der Waals surface area contributed by atoms with Crippen LogP contribution in [0.3, 0.4) is 0 Å². The van der Waals surface area contributed by atoms with Crippen molar-refractivity contribution in [2.75, 3.05) is 20.4 Å². The van der Waals surface area contributed by atoms with E-state index in [2.05, 4.69) is 30.2 Å². The minimum Gasteiger partial charge on any atom is -0.323 e. The second kappa shape index (κ2) is 7.29. The van der Waals surface area contributed by atoms with Crippen molar-refractivity contribution < 1.29 is 21.6 Å². The van der Waals surface area contributed by atoms with E-state index >= 15 is 0 Å². The fourth-order valence-corrected chi connectivity index (χ4v) is 2.30. The molecule has 0 spiro atoms. The number of hydrogen-bond donors (Lipinski definition) is 1. The van der Waals surface area contributed by atoms with Gasteiger partial charge in [0.2, 0.25) is 11.8 Å².